The summed E-state index contributed by atoms with van der Waals surface area (Å²) in [6.45, 7) is 7.04. The molecular formula is C16H29BrSSn. The Labute approximate surface area is 136 Å². The fourth-order valence-corrected chi connectivity index (χ4v) is 24.7. The quantitative estimate of drug-likeness (QED) is 0.353. The molecule has 0 aromatic carbocycles. The van der Waals surface area contributed by atoms with Crippen LogP contribution in [0.15, 0.2) is 15.9 Å². The monoisotopic (exact) mass is 452 g/mol. The minimum absolute atomic E-state index is 1.34. The molecule has 0 aliphatic heterocycles. The van der Waals surface area contributed by atoms with E-state index in [1.165, 1.54) is 42.3 Å². The van der Waals surface area contributed by atoms with Gasteiger partial charge in [0.05, 0.1) is 0 Å². The molecule has 0 bridgehead atoms. The molecule has 1 aromatic rings. The number of hydrogen-bond acceptors (Lipinski definition) is 1. The molecule has 0 saturated carbocycles. The molecule has 110 valence electrons. The van der Waals surface area contributed by atoms with Crippen molar-refractivity contribution >= 4 is 48.5 Å². The van der Waals surface area contributed by atoms with Crippen molar-refractivity contribution in [3.63, 3.8) is 0 Å². The molecule has 1 aromatic heterocycles. The normalized spacial score (nSPS) is 12.0. The van der Waals surface area contributed by atoms with E-state index in [4.69, 9.17) is 0 Å². The first-order valence-electron chi connectivity index (χ1n) is 7.94. The summed E-state index contributed by atoms with van der Waals surface area (Å²) in [4.78, 5) is 0. The summed E-state index contributed by atoms with van der Waals surface area (Å²) in [6.07, 6.45) is 8.47. The van der Waals surface area contributed by atoms with Gasteiger partial charge in [-0.2, -0.15) is 0 Å². The third kappa shape index (κ3) is 5.70. The Kier molecular flexibility index (Phi) is 9.33. The van der Waals surface area contributed by atoms with Crippen LogP contribution in [0.3, 0.4) is 0 Å². The van der Waals surface area contributed by atoms with Gasteiger partial charge in [0.15, 0.2) is 0 Å². The summed E-state index contributed by atoms with van der Waals surface area (Å²) >= 11 is 3.65. The van der Waals surface area contributed by atoms with Gasteiger partial charge in [-0.05, 0) is 0 Å². The first-order chi connectivity index (χ1) is 9.18. The van der Waals surface area contributed by atoms with Crippen molar-refractivity contribution in [1.82, 2.24) is 0 Å². The van der Waals surface area contributed by atoms with Crippen LogP contribution >= 0.6 is 27.3 Å². The second-order valence-corrected chi connectivity index (χ2v) is 22.3. The van der Waals surface area contributed by atoms with Gasteiger partial charge >= 0.3 is 137 Å². The molecule has 0 nitrogen and oxygen atoms in total. The van der Waals surface area contributed by atoms with Crippen molar-refractivity contribution in [2.45, 2.75) is 72.6 Å². The van der Waals surface area contributed by atoms with E-state index in [1.807, 2.05) is 2.89 Å². The molecule has 19 heavy (non-hydrogen) atoms. The van der Waals surface area contributed by atoms with Crippen LogP contribution in [0.1, 0.15) is 59.3 Å². The van der Waals surface area contributed by atoms with Crippen molar-refractivity contribution in [2.24, 2.45) is 0 Å². The standard InChI is InChI=1S/C4H2BrS.3C4H9.Sn/c5-4-2-1-3-6-4;3*1-3-4-2;/h1-2H;3*1,3-4H2,2H3;. The Bertz CT molecular complexity index is 326. The molecule has 3 heteroatoms. The van der Waals surface area contributed by atoms with E-state index >= 15 is 0 Å². The van der Waals surface area contributed by atoms with E-state index in [1.54, 1.807) is 13.3 Å². The van der Waals surface area contributed by atoms with Gasteiger partial charge in [-0.15, -0.1) is 0 Å². The number of unbranched alkanes of at least 4 members (excludes halogenated alkanes) is 3. The van der Waals surface area contributed by atoms with Crippen LogP contribution < -0.4 is 2.89 Å². The van der Waals surface area contributed by atoms with Crippen LogP contribution in [0, 0.1) is 0 Å². The topological polar surface area (TPSA) is 0 Å². The van der Waals surface area contributed by atoms with Crippen LogP contribution in [0.2, 0.25) is 13.3 Å². The number of halogens is 1. The summed E-state index contributed by atoms with van der Waals surface area (Å²) in [5.74, 6) is 0. The van der Waals surface area contributed by atoms with Gasteiger partial charge in [-0.25, -0.2) is 0 Å². The molecule has 1 rings (SSSR count). The molecule has 0 radical (unpaired) electrons. The van der Waals surface area contributed by atoms with E-state index < -0.39 is 18.4 Å². The average Bonchev–Trinajstić information content (AvgIpc) is 2.85. The number of rotatable bonds is 10. The Hall–Kier alpha value is 0.979. The third-order valence-corrected chi connectivity index (χ3v) is 24.0. The van der Waals surface area contributed by atoms with Gasteiger partial charge in [-0.3, -0.25) is 0 Å². The van der Waals surface area contributed by atoms with Crippen molar-refractivity contribution in [3.8, 4) is 0 Å². The molecule has 0 atom stereocenters. The van der Waals surface area contributed by atoms with Crippen molar-refractivity contribution < 1.29 is 0 Å². The summed E-state index contributed by atoms with van der Waals surface area (Å²) in [5.41, 5.74) is 0. The molecule has 0 N–H and O–H groups in total. The Morgan fingerprint density at radius 1 is 0.895 bits per heavy atom. The molecule has 0 amide bonds. The predicted octanol–water partition coefficient (Wildman–Crippen LogP) is 6.57. The molecule has 1 heterocycles. The summed E-state index contributed by atoms with van der Waals surface area (Å²) in [5, 5.41) is 0. The van der Waals surface area contributed by atoms with Crippen LogP contribution in [0.5, 0.6) is 0 Å². The number of thiophene rings is 1. The van der Waals surface area contributed by atoms with Crippen LogP contribution in [0.4, 0.5) is 0 Å². The predicted molar refractivity (Wildman–Crippen MR) is 96.6 cm³/mol. The van der Waals surface area contributed by atoms with Crippen LogP contribution in [-0.2, 0) is 0 Å². The van der Waals surface area contributed by atoms with Crippen molar-refractivity contribution in [3.05, 3.63) is 15.9 Å². The summed E-state index contributed by atoms with van der Waals surface area (Å²) < 4.78 is 7.92. The number of hydrogen-bond donors (Lipinski definition) is 0. The SMILES string of the molecule is CCC[CH2][Sn]([CH2]CCC)([CH2]CCC)[c]1ccc(Br)s1. The van der Waals surface area contributed by atoms with Gasteiger partial charge in [-0.1, -0.05) is 0 Å². The van der Waals surface area contributed by atoms with E-state index in [9.17, 15) is 0 Å². The first-order valence-corrected chi connectivity index (χ1v) is 17.0. The summed E-state index contributed by atoms with van der Waals surface area (Å²) in [7, 11) is 0. The average molecular weight is 452 g/mol. The van der Waals surface area contributed by atoms with Gasteiger partial charge in [0.25, 0.3) is 0 Å². The third-order valence-electron chi connectivity index (χ3n) is 4.12. The maximum atomic E-state index is 3.68. The second-order valence-electron chi connectivity index (χ2n) is 5.69. The van der Waals surface area contributed by atoms with Crippen molar-refractivity contribution in [1.29, 1.82) is 0 Å². The molecule has 0 unspecified atom stereocenters. The molecule has 0 saturated heterocycles. The van der Waals surface area contributed by atoms with Gasteiger partial charge in [0.1, 0.15) is 0 Å². The maximum absolute atomic E-state index is 3.68. The van der Waals surface area contributed by atoms with Crippen LogP contribution in [0.25, 0.3) is 0 Å². The van der Waals surface area contributed by atoms with Crippen LogP contribution in [-0.4, -0.2) is 18.4 Å². The molecule has 0 spiro atoms. The van der Waals surface area contributed by atoms with Gasteiger partial charge in [0, 0.05) is 0 Å². The fraction of sp³-hybridized carbons (Fsp3) is 0.750. The second kappa shape index (κ2) is 9.83. The molecular weight excluding hydrogens is 423 g/mol. The fourth-order valence-electron chi connectivity index (χ4n) is 2.89. The Morgan fingerprint density at radius 3 is 1.68 bits per heavy atom. The minimum atomic E-state index is -2.09. The van der Waals surface area contributed by atoms with Gasteiger partial charge in [0.2, 0.25) is 0 Å². The Balaban J connectivity index is 2.93. The van der Waals surface area contributed by atoms with E-state index in [-0.39, 0.29) is 0 Å². The van der Waals surface area contributed by atoms with Gasteiger partial charge < -0.3 is 0 Å². The van der Waals surface area contributed by atoms with E-state index in [0.717, 1.165) is 0 Å². The Morgan fingerprint density at radius 2 is 1.37 bits per heavy atom. The van der Waals surface area contributed by atoms with E-state index in [0.29, 0.717) is 0 Å². The summed E-state index contributed by atoms with van der Waals surface area (Å²) in [6, 6.07) is 4.75. The zero-order valence-electron chi connectivity index (χ0n) is 12.8. The zero-order valence-corrected chi connectivity index (χ0v) is 18.1. The molecule has 0 aliphatic rings. The van der Waals surface area contributed by atoms with Crippen molar-refractivity contribution in [2.75, 3.05) is 0 Å². The molecule has 0 fully saturated rings. The van der Waals surface area contributed by atoms with E-state index in [2.05, 4.69) is 60.2 Å². The molecule has 0 aliphatic carbocycles. The zero-order chi connectivity index (χ0) is 14.1. The first kappa shape index (κ1) is 18.0.